The Hall–Kier alpha value is -2.07. The predicted molar refractivity (Wildman–Crippen MR) is 106 cm³/mol. The highest BCUT2D eigenvalue weighted by Crippen LogP contribution is 2.21. The number of nitrogens with one attached hydrogen (secondary N) is 2. The summed E-state index contributed by atoms with van der Waals surface area (Å²) in [6, 6.07) is -0.683. The van der Waals surface area contributed by atoms with E-state index < -0.39 is 12.0 Å². The van der Waals surface area contributed by atoms with Gasteiger partial charge in [-0.05, 0) is 58.0 Å². The molecule has 2 heterocycles. The molecular formula is C21H33N3O4. The number of carbonyl (C=O) groups excluding carboxylic acids is 3. The monoisotopic (exact) mass is 391 g/mol. The van der Waals surface area contributed by atoms with E-state index in [0.29, 0.717) is 25.4 Å². The number of terminal acetylenes is 1. The van der Waals surface area contributed by atoms with E-state index >= 15 is 0 Å². The summed E-state index contributed by atoms with van der Waals surface area (Å²) in [6.45, 7) is 5.20. The van der Waals surface area contributed by atoms with Crippen molar-refractivity contribution >= 4 is 17.8 Å². The summed E-state index contributed by atoms with van der Waals surface area (Å²) < 4.78 is 4.88. The summed E-state index contributed by atoms with van der Waals surface area (Å²) in [7, 11) is 0. The Balaban J connectivity index is 1.78. The number of nitrogens with zero attached hydrogens (tertiary/aromatic N) is 1. The molecule has 0 aromatic heterocycles. The van der Waals surface area contributed by atoms with Crippen LogP contribution in [0.4, 0.5) is 0 Å². The number of amides is 2. The fourth-order valence-corrected chi connectivity index (χ4v) is 3.90. The minimum atomic E-state index is -0.683. The summed E-state index contributed by atoms with van der Waals surface area (Å²) in [5, 5.41) is 6.09. The third-order valence-corrected chi connectivity index (χ3v) is 5.56. The topological polar surface area (TPSA) is 87.7 Å². The number of ether oxygens (including phenoxy) is 1. The van der Waals surface area contributed by atoms with E-state index in [1.54, 1.807) is 6.92 Å². The van der Waals surface area contributed by atoms with Crippen LogP contribution in [0.15, 0.2) is 0 Å². The first kappa shape index (κ1) is 22.2. The highest BCUT2D eigenvalue weighted by molar-refractivity contribution is 5.82. The van der Waals surface area contributed by atoms with Crippen LogP contribution in [0.5, 0.6) is 0 Å². The Morgan fingerprint density at radius 2 is 2.04 bits per heavy atom. The zero-order valence-electron chi connectivity index (χ0n) is 16.9. The normalized spacial score (nSPS) is 21.4. The van der Waals surface area contributed by atoms with Crippen LogP contribution in [0.1, 0.15) is 51.9 Å². The predicted octanol–water partition coefficient (Wildman–Crippen LogP) is 1.08. The highest BCUT2D eigenvalue weighted by Gasteiger charge is 2.30. The molecule has 0 aromatic rings. The molecule has 156 valence electrons. The van der Waals surface area contributed by atoms with E-state index in [1.165, 1.54) is 0 Å². The van der Waals surface area contributed by atoms with Gasteiger partial charge < -0.3 is 20.3 Å². The fourth-order valence-electron chi connectivity index (χ4n) is 3.90. The van der Waals surface area contributed by atoms with Gasteiger partial charge in [0.15, 0.2) is 0 Å². The lowest BCUT2D eigenvalue weighted by Gasteiger charge is -2.33. The third kappa shape index (κ3) is 7.16. The van der Waals surface area contributed by atoms with Gasteiger partial charge in [-0.2, -0.15) is 0 Å². The molecule has 2 rings (SSSR count). The van der Waals surface area contributed by atoms with Gasteiger partial charge in [0.05, 0.1) is 18.9 Å². The molecule has 28 heavy (non-hydrogen) atoms. The molecule has 2 saturated heterocycles. The zero-order valence-corrected chi connectivity index (χ0v) is 16.9. The van der Waals surface area contributed by atoms with Crippen LogP contribution in [0, 0.1) is 24.2 Å². The summed E-state index contributed by atoms with van der Waals surface area (Å²) in [4.78, 5) is 38.6. The minimum absolute atomic E-state index is 0.0400. The Bertz CT molecular complexity index is 581. The number of rotatable bonds is 8. The second-order valence-corrected chi connectivity index (χ2v) is 7.65. The second kappa shape index (κ2) is 11.7. The molecule has 2 fully saturated rings. The largest absolute Gasteiger partial charge is 0.466 e. The smallest absolute Gasteiger partial charge is 0.308 e. The van der Waals surface area contributed by atoms with E-state index in [9.17, 15) is 14.4 Å². The van der Waals surface area contributed by atoms with Gasteiger partial charge in [-0.1, -0.05) is 5.92 Å². The zero-order chi connectivity index (χ0) is 20.4. The third-order valence-electron chi connectivity index (χ3n) is 5.56. The van der Waals surface area contributed by atoms with E-state index in [0.717, 1.165) is 45.2 Å². The number of esters is 1. The van der Waals surface area contributed by atoms with Crippen LogP contribution in [-0.2, 0) is 19.1 Å². The van der Waals surface area contributed by atoms with Crippen molar-refractivity contribution in [2.24, 2.45) is 11.8 Å². The average molecular weight is 392 g/mol. The van der Waals surface area contributed by atoms with Gasteiger partial charge in [-0.15, -0.1) is 6.42 Å². The lowest BCUT2D eigenvalue weighted by atomic mass is 9.92. The molecule has 0 spiro atoms. The summed E-state index contributed by atoms with van der Waals surface area (Å²) >= 11 is 0. The van der Waals surface area contributed by atoms with Crippen LogP contribution in [0.25, 0.3) is 0 Å². The fraction of sp³-hybridized carbons (Fsp3) is 0.762. The van der Waals surface area contributed by atoms with E-state index in [1.807, 2.05) is 4.90 Å². The summed E-state index contributed by atoms with van der Waals surface area (Å²) in [5.41, 5.74) is 0. The Morgan fingerprint density at radius 3 is 2.71 bits per heavy atom. The van der Waals surface area contributed by atoms with Crippen molar-refractivity contribution in [2.75, 3.05) is 32.8 Å². The maximum Gasteiger partial charge on any atom is 0.308 e. The van der Waals surface area contributed by atoms with Crippen molar-refractivity contribution in [3.63, 3.8) is 0 Å². The number of carbonyl (C=O) groups is 3. The lowest BCUT2D eigenvalue weighted by Crippen LogP contribution is -2.47. The summed E-state index contributed by atoms with van der Waals surface area (Å²) in [5.74, 6) is 2.29. The van der Waals surface area contributed by atoms with Gasteiger partial charge in [0, 0.05) is 19.5 Å². The van der Waals surface area contributed by atoms with Gasteiger partial charge in [-0.25, -0.2) is 0 Å². The number of hydrogen-bond acceptors (Lipinski definition) is 5. The molecule has 2 aliphatic heterocycles. The first-order valence-corrected chi connectivity index (χ1v) is 10.4. The lowest BCUT2D eigenvalue weighted by molar-refractivity contribution is -0.143. The van der Waals surface area contributed by atoms with Gasteiger partial charge >= 0.3 is 5.97 Å². The quantitative estimate of drug-likeness (QED) is 0.477. The molecule has 0 unspecified atom stereocenters. The van der Waals surface area contributed by atoms with Gasteiger partial charge in [0.2, 0.25) is 11.8 Å². The van der Waals surface area contributed by atoms with Crippen LogP contribution in [0.3, 0.4) is 0 Å². The first-order chi connectivity index (χ1) is 13.5. The van der Waals surface area contributed by atoms with Gasteiger partial charge in [-0.3, -0.25) is 14.4 Å². The Labute approximate surface area is 167 Å². The molecule has 0 saturated carbocycles. The van der Waals surface area contributed by atoms with Crippen molar-refractivity contribution in [3.8, 4) is 12.3 Å². The molecule has 2 N–H and O–H groups in total. The van der Waals surface area contributed by atoms with Crippen molar-refractivity contribution in [2.45, 2.75) is 57.9 Å². The van der Waals surface area contributed by atoms with E-state index in [-0.39, 0.29) is 30.8 Å². The van der Waals surface area contributed by atoms with Crippen molar-refractivity contribution in [3.05, 3.63) is 0 Å². The van der Waals surface area contributed by atoms with Crippen molar-refractivity contribution < 1.29 is 19.1 Å². The van der Waals surface area contributed by atoms with Crippen LogP contribution in [0.2, 0.25) is 0 Å². The SMILES string of the molecule is C#C[C@H](CC(=O)OCC)NC(=O)[C@@H]1CCCN(C(=O)CCC2CCNCC2)C1. The number of piperidine rings is 2. The molecule has 7 nitrogen and oxygen atoms in total. The maximum absolute atomic E-state index is 12.6. The molecule has 0 bridgehead atoms. The molecule has 0 radical (unpaired) electrons. The van der Waals surface area contributed by atoms with Crippen molar-refractivity contribution in [1.82, 2.24) is 15.5 Å². The molecule has 2 amide bonds. The maximum atomic E-state index is 12.6. The van der Waals surface area contributed by atoms with Gasteiger partial charge in [0.25, 0.3) is 0 Å². The van der Waals surface area contributed by atoms with Crippen LogP contribution in [-0.4, -0.2) is 61.5 Å². The Kier molecular flexibility index (Phi) is 9.29. The molecule has 2 atom stereocenters. The first-order valence-electron chi connectivity index (χ1n) is 10.4. The Morgan fingerprint density at radius 1 is 1.29 bits per heavy atom. The molecule has 7 heteroatoms. The second-order valence-electron chi connectivity index (χ2n) is 7.65. The molecular weight excluding hydrogens is 358 g/mol. The minimum Gasteiger partial charge on any atom is -0.466 e. The molecule has 2 aliphatic rings. The van der Waals surface area contributed by atoms with Crippen LogP contribution < -0.4 is 10.6 Å². The summed E-state index contributed by atoms with van der Waals surface area (Å²) in [6.07, 6.45) is 10.7. The highest BCUT2D eigenvalue weighted by atomic mass is 16.5. The van der Waals surface area contributed by atoms with Gasteiger partial charge in [0.1, 0.15) is 6.04 Å². The van der Waals surface area contributed by atoms with Crippen molar-refractivity contribution in [1.29, 1.82) is 0 Å². The number of hydrogen-bond donors (Lipinski definition) is 2. The molecule has 0 aromatic carbocycles. The average Bonchev–Trinajstić information content (AvgIpc) is 2.72. The standard InChI is InChI=1S/C21H33N3O4/c1-3-18(14-20(26)28-4-2)23-21(27)17-6-5-13-24(15-17)19(25)8-7-16-9-11-22-12-10-16/h1,16-18,22H,4-15H2,2H3,(H,23,27)/t17-,18-/m1/s1. The molecule has 0 aliphatic carbocycles. The van der Waals surface area contributed by atoms with Crippen LogP contribution >= 0.6 is 0 Å². The van der Waals surface area contributed by atoms with E-state index in [4.69, 9.17) is 11.2 Å². The number of likely N-dealkylation sites (tertiary alicyclic amines) is 1. The van der Waals surface area contributed by atoms with E-state index in [2.05, 4.69) is 16.6 Å².